The second-order valence-corrected chi connectivity index (χ2v) is 15.1. The highest BCUT2D eigenvalue weighted by atomic mass is 32.2. The van der Waals surface area contributed by atoms with Crippen molar-refractivity contribution in [1.82, 2.24) is 10.4 Å². The Balaban J connectivity index is 2.47. The number of carbonyl (C=O) groups excluding carboxylic acids is 3. The van der Waals surface area contributed by atoms with Crippen molar-refractivity contribution in [3.8, 4) is 0 Å². The van der Waals surface area contributed by atoms with Gasteiger partial charge in [-0.2, -0.15) is 16.8 Å². The van der Waals surface area contributed by atoms with E-state index in [0.717, 1.165) is 0 Å². The third-order valence-electron chi connectivity index (χ3n) is 5.86. The highest BCUT2D eigenvalue weighted by Gasteiger charge is 2.45. The third-order valence-corrected chi connectivity index (χ3v) is 11.2. The van der Waals surface area contributed by atoms with E-state index in [1.54, 1.807) is 24.3 Å². The number of esters is 2. The second-order valence-electron chi connectivity index (χ2n) is 9.33. The predicted molar refractivity (Wildman–Crippen MR) is 129 cm³/mol. The molecule has 0 fully saturated rings. The summed E-state index contributed by atoms with van der Waals surface area (Å²) in [7, 11) is -1.50. The molecule has 2 amide bonds. The molecule has 1 heterocycles. The van der Waals surface area contributed by atoms with E-state index in [-0.39, 0.29) is 10.8 Å². The van der Waals surface area contributed by atoms with Crippen LogP contribution in [0, 0.1) is 0 Å². The zero-order valence-corrected chi connectivity index (χ0v) is 22.1. The summed E-state index contributed by atoms with van der Waals surface area (Å²) in [4.78, 5) is 50.5. The van der Waals surface area contributed by atoms with Gasteiger partial charge in [0.25, 0.3) is 0 Å². The topological polar surface area (TPSA) is 131 Å². The van der Waals surface area contributed by atoms with Gasteiger partial charge in [0.2, 0.25) is 14.2 Å². The van der Waals surface area contributed by atoms with Crippen LogP contribution in [0.5, 0.6) is 0 Å². The number of thioether (sulfide) groups is 1. The fraction of sp³-hybridized carbons (Fsp3) is 0.545. The first-order valence-corrected chi connectivity index (χ1v) is 14.8. The van der Waals surface area contributed by atoms with Gasteiger partial charge in [-0.3, -0.25) is 4.79 Å². The van der Waals surface area contributed by atoms with Gasteiger partial charge in [0.1, 0.15) is 12.6 Å². The maximum Gasteiger partial charge on any atom is 0.431 e. The number of carbonyl (C=O) groups is 4. The molecule has 1 aromatic carbocycles. The van der Waals surface area contributed by atoms with E-state index in [4.69, 9.17) is 14.0 Å². The largest absolute Gasteiger partial charge is 0.467 e. The number of fused-ring (bicyclic) bond motifs is 1. The van der Waals surface area contributed by atoms with E-state index >= 15 is 0 Å². The van der Waals surface area contributed by atoms with Crippen LogP contribution in [-0.2, 0) is 29.3 Å². The summed E-state index contributed by atoms with van der Waals surface area (Å²) in [6, 6.07) is 4.25. The van der Waals surface area contributed by atoms with Gasteiger partial charge >= 0.3 is 18.0 Å². The summed E-state index contributed by atoms with van der Waals surface area (Å²) >= 11 is 1.32. The Kier molecular flexibility index (Phi) is 9.14. The molecule has 10 nitrogen and oxygen atoms in total. The molecule has 0 bridgehead atoms. The summed E-state index contributed by atoms with van der Waals surface area (Å²) in [6.45, 7) is 8.81. The molecule has 1 aliphatic heterocycles. The van der Waals surface area contributed by atoms with E-state index in [2.05, 4.69) is 5.32 Å². The Labute approximate surface area is 204 Å². The van der Waals surface area contributed by atoms with Crippen molar-refractivity contribution in [3.63, 3.8) is 0 Å². The summed E-state index contributed by atoms with van der Waals surface area (Å²) in [5.41, 5.74) is 0.994. The highest BCUT2D eigenvalue weighted by molar-refractivity contribution is 7.98. The zero-order chi connectivity index (χ0) is 25.7. The monoisotopic (exact) mass is 512 g/mol. The van der Waals surface area contributed by atoms with Crippen LogP contribution in [-0.4, -0.2) is 74.0 Å². The van der Waals surface area contributed by atoms with Gasteiger partial charge in [-0.05, 0) is 29.8 Å². The van der Waals surface area contributed by atoms with Crippen LogP contribution in [0.15, 0.2) is 24.3 Å². The first-order valence-electron chi connectivity index (χ1n) is 10.7. The molecule has 2 N–H and O–H groups in total. The lowest BCUT2D eigenvalue weighted by molar-refractivity contribution is -0.150. The van der Waals surface area contributed by atoms with Gasteiger partial charge in [0.05, 0.1) is 12.7 Å². The van der Waals surface area contributed by atoms with Gasteiger partial charge in [0.15, 0.2) is 6.04 Å². The van der Waals surface area contributed by atoms with Crippen LogP contribution in [0.4, 0.5) is 4.79 Å². The quantitative estimate of drug-likeness (QED) is 0.355. The molecule has 2 atom stereocenters. The molecule has 1 aliphatic rings. The number of nitrogens with one attached hydrogen (secondary N) is 1. The fourth-order valence-corrected chi connectivity index (χ4v) is 4.83. The number of nitrogens with zero attached hydrogens (tertiary/aromatic N) is 1. The van der Waals surface area contributed by atoms with Crippen molar-refractivity contribution in [2.75, 3.05) is 19.5 Å². The number of hydrogen-bond acceptors (Lipinski definition) is 8. The van der Waals surface area contributed by atoms with Crippen molar-refractivity contribution >= 4 is 44.0 Å². The lowest BCUT2D eigenvalue weighted by Gasteiger charge is -2.40. The number of benzene rings is 1. The second kappa shape index (κ2) is 11.2. The average molecular weight is 513 g/mol. The molecule has 2 unspecified atom stereocenters. The minimum Gasteiger partial charge on any atom is -0.467 e. The van der Waals surface area contributed by atoms with Crippen LogP contribution in [0.2, 0.25) is 18.1 Å². The lowest BCUT2D eigenvalue weighted by Crippen LogP contribution is -2.59. The van der Waals surface area contributed by atoms with Gasteiger partial charge in [-0.25, -0.2) is 14.4 Å². The maximum absolute atomic E-state index is 13.2. The molecular formula is C22H32N2O8SSi. The Morgan fingerprint density at radius 3 is 2.47 bits per heavy atom. The number of rotatable bonds is 4. The Bertz CT molecular complexity index is 934. The number of hydrogen-bond donors (Lipinski definition) is 2. The summed E-state index contributed by atoms with van der Waals surface area (Å²) in [5, 5.41) is 12.6. The van der Waals surface area contributed by atoms with Crippen LogP contribution >= 0.6 is 11.8 Å². The van der Waals surface area contributed by atoms with Crippen molar-refractivity contribution < 1.29 is 38.3 Å². The Hall–Kier alpha value is -2.57. The van der Waals surface area contributed by atoms with E-state index in [9.17, 15) is 24.3 Å². The summed E-state index contributed by atoms with van der Waals surface area (Å²) in [5.74, 6) is -1.64. The SMILES string of the molecule is COC(=O)C1CSCc2ccccc2C(=O)OCC(N(O[Si](C)(C)C(C)(C)C)C(=O)O)C(=O)N1. The minimum atomic E-state index is -2.71. The number of ether oxygens (including phenoxy) is 2. The molecule has 2 rings (SSSR count). The molecule has 1 aromatic rings. The molecule has 0 aliphatic carbocycles. The molecule has 0 radical (unpaired) electrons. The van der Waals surface area contributed by atoms with Gasteiger partial charge in [-0.15, -0.1) is 0 Å². The fourth-order valence-electron chi connectivity index (χ4n) is 2.81. The number of cyclic esters (lactones) is 1. The van der Waals surface area contributed by atoms with Crippen molar-refractivity contribution in [2.24, 2.45) is 0 Å². The lowest BCUT2D eigenvalue weighted by atomic mass is 10.1. The summed E-state index contributed by atoms with van der Waals surface area (Å²) < 4.78 is 16.1. The van der Waals surface area contributed by atoms with Crippen LogP contribution in [0.3, 0.4) is 0 Å². The van der Waals surface area contributed by atoms with Crippen molar-refractivity contribution in [3.05, 3.63) is 35.4 Å². The molecule has 0 aromatic heterocycles. The highest BCUT2D eigenvalue weighted by Crippen LogP contribution is 2.37. The van der Waals surface area contributed by atoms with Crippen LogP contribution in [0.25, 0.3) is 0 Å². The Morgan fingerprint density at radius 2 is 1.88 bits per heavy atom. The van der Waals surface area contributed by atoms with E-state index in [1.165, 1.54) is 18.9 Å². The molecule has 0 saturated heterocycles. The molecule has 188 valence electrons. The average Bonchev–Trinajstić information content (AvgIpc) is 2.75. The summed E-state index contributed by atoms with van der Waals surface area (Å²) in [6.07, 6.45) is -1.52. The van der Waals surface area contributed by atoms with E-state index in [1.807, 2.05) is 33.9 Å². The normalized spacial score (nSPS) is 20.1. The smallest absolute Gasteiger partial charge is 0.431 e. The first-order chi connectivity index (χ1) is 15.8. The number of methoxy groups -OCH3 is 1. The number of carboxylic acid groups (broad SMARTS) is 1. The van der Waals surface area contributed by atoms with Crippen molar-refractivity contribution in [1.29, 1.82) is 0 Å². The molecule has 12 heteroatoms. The van der Waals surface area contributed by atoms with Gasteiger partial charge in [-0.1, -0.05) is 39.0 Å². The standard InChI is InChI=1S/C22H32N2O8SSi/c1-22(2,3)34(5,6)32-24(21(28)29)17-11-31-19(26)15-10-8-7-9-14(15)12-33-13-16(20(27)30-4)23-18(17)25/h7-10,16-17H,11-13H2,1-6H3,(H,23,25)(H,28,29). The molecule has 0 saturated carbocycles. The van der Waals surface area contributed by atoms with E-state index < -0.39 is 50.9 Å². The maximum atomic E-state index is 13.2. The minimum absolute atomic E-state index is 0.157. The molecular weight excluding hydrogens is 480 g/mol. The van der Waals surface area contributed by atoms with Crippen molar-refractivity contribution in [2.45, 2.75) is 56.7 Å². The number of hydroxylamine groups is 2. The molecule has 0 spiro atoms. The predicted octanol–water partition coefficient (Wildman–Crippen LogP) is 3.03. The van der Waals surface area contributed by atoms with Gasteiger partial charge < -0.3 is 24.4 Å². The van der Waals surface area contributed by atoms with E-state index in [0.29, 0.717) is 21.9 Å². The first kappa shape index (κ1) is 27.7. The number of amides is 2. The molecule has 34 heavy (non-hydrogen) atoms. The van der Waals surface area contributed by atoms with Crippen LogP contribution < -0.4 is 5.32 Å². The van der Waals surface area contributed by atoms with Gasteiger partial charge in [0, 0.05) is 11.5 Å². The van der Waals surface area contributed by atoms with Crippen LogP contribution in [0.1, 0.15) is 36.7 Å². The Morgan fingerprint density at radius 1 is 1.24 bits per heavy atom. The third kappa shape index (κ3) is 6.73. The zero-order valence-electron chi connectivity index (χ0n) is 20.2.